The SMILES string of the molecule is Cc1nc2ccccn2c1C(=O)Nc1cc(-n2cncn2)ncn1. The van der Waals surface area contributed by atoms with Gasteiger partial charge < -0.3 is 5.32 Å². The topological polar surface area (TPSA) is 103 Å². The average molecular weight is 320 g/mol. The van der Waals surface area contributed by atoms with Crippen LogP contribution in [0.5, 0.6) is 0 Å². The van der Waals surface area contributed by atoms with Gasteiger partial charge in [0.15, 0.2) is 5.82 Å². The van der Waals surface area contributed by atoms with Crippen molar-refractivity contribution >= 4 is 17.4 Å². The summed E-state index contributed by atoms with van der Waals surface area (Å²) in [7, 11) is 0. The summed E-state index contributed by atoms with van der Waals surface area (Å²) < 4.78 is 3.22. The van der Waals surface area contributed by atoms with Crippen molar-refractivity contribution in [2.45, 2.75) is 6.92 Å². The van der Waals surface area contributed by atoms with E-state index in [1.54, 1.807) is 23.6 Å². The Hall–Kier alpha value is -3.62. The van der Waals surface area contributed by atoms with E-state index in [1.165, 1.54) is 23.7 Å². The fourth-order valence-corrected chi connectivity index (χ4v) is 2.43. The highest BCUT2D eigenvalue weighted by Crippen LogP contribution is 2.14. The maximum absolute atomic E-state index is 12.6. The molecule has 0 aliphatic rings. The number of pyridine rings is 1. The summed E-state index contributed by atoms with van der Waals surface area (Å²) in [5.74, 6) is 0.577. The summed E-state index contributed by atoms with van der Waals surface area (Å²) in [5.41, 5.74) is 1.82. The van der Waals surface area contributed by atoms with Crippen LogP contribution in [0.15, 0.2) is 49.4 Å². The number of carbonyl (C=O) groups is 1. The Balaban J connectivity index is 1.67. The van der Waals surface area contributed by atoms with Crippen LogP contribution >= 0.6 is 0 Å². The highest BCUT2D eigenvalue weighted by Gasteiger charge is 2.17. The fourth-order valence-electron chi connectivity index (χ4n) is 2.43. The van der Waals surface area contributed by atoms with Gasteiger partial charge in [-0.3, -0.25) is 9.20 Å². The highest BCUT2D eigenvalue weighted by molar-refractivity contribution is 6.04. The first-order chi connectivity index (χ1) is 11.7. The number of hydrogen-bond acceptors (Lipinski definition) is 6. The molecule has 0 bridgehead atoms. The second-order valence-corrected chi connectivity index (χ2v) is 5.03. The van der Waals surface area contributed by atoms with E-state index < -0.39 is 0 Å². The molecule has 0 aromatic carbocycles. The lowest BCUT2D eigenvalue weighted by Crippen LogP contribution is -2.17. The normalized spacial score (nSPS) is 10.9. The van der Waals surface area contributed by atoms with E-state index in [-0.39, 0.29) is 5.91 Å². The summed E-state index contributed by atoms with van der Waals surface area (Å²) in [6.45, 7) is 1.79. The number of imidazole rings is 1. The van der Waals surface area contributed by atoms with Gasteiger partial charge in [0.2, 0.25) is 0 Å². The third-order valence-electron chi connectivity index (χ3n) is 3.47. The molecule has 0 saturated heterocycles. The molecule has 0 saturated carbocycles. The van der Waals surface area contributed by atoms with Gasteiger partial charge in [-0.25, -0.2) is 24.6 Å². The van der Waals surface area contributed by atoms with Crippen molar-refractivity contribution in [1.29, 1.82) is 0 Å². The number of anilines is 1. The third-order valence-corrected chi connectivity index (χ3v) is 3.47. The number of nitrogens with zero attached hydrogens (tertiary/aromatic N) is 7. The number of hydrogen-bond donors (Lipinski definition) is 1. The predicted molar refractivity (Wildman–Crippen MR) is 84.8 cm³/mol. The van der Waals surface area contributed by atoms with Crippen molar-refractivity contribution in [3.8, 4) is 5.82 Å². The van der Waals surface area contributed by atoms with Crippen molar-refractivity contribution in [3.63, 3.8) is 0 Å². The highest BCUT2D eigenvalue weighted by atomic mass is 16.2. The molecule has 0 spiro atoms. The maximum atomic E-state index is 12.6. The first-order valence-electron chi connectivity index (χ1n) is 7.14. The molecule has 0 atom stereocenters. The molecule has 9 heteroatoms. The second kappa shape index (κ2) is 5.54. The van der Waals surface area contributed by atoms with Crippen LogP contribution in [0.3, 0.4) is 0 Å². The molecule has 4 aromatic heterocycles. The van der Waals surface area contributed by atoms with Crippen molar-refractivity contribution in [2.24, 2.45) is 0 Å². The van der Waals surface area contributed by atoms with Crippen LogP contribution in [-0.2, 0) is 0 Å². The minimum absolute atomic E-state index is 0.297. The summed E-state index contributed by atoms with van der Waals surface area (Å²) in [4.78, 5) is 29.1. The van der Waals surface area contributed by atoms with Gasteiger partial charge >= 0.3 is 0 Å². The molecule has 0 fully saturated rings. The van der Waals surface area contributed by atoms with E-state index in [9.17, 15) is 4.79 Å². The molecular weight excluding hydrogens is 308 g/mol. The van der Waals surface area contributed by atoms with E-state index in [0.29, 0.717) is 28.7 Å². The lowest BCUT2D eigenvalue weighted by molar-refractivity contribution is 0.102. The van der Waals surface area contributed by atoms with Crippen LogP contribution in [0.25, 0.3) is 11.5 Å². The van der Waals surface area contributed by atoms with Crippen LogP contribution in [0.1, 0.15) is 16.2 Å². The average Bonchev–Trinajstić information content (AvgIpc) is 3.21. The Morgan fingerprint density at radius 3 is 2.96 bits per heavy atom. The lowest BCUT2D eigenvalue weighted by Gasteiger charge is -2.06. The molecule has 1 N–H and O–H groups in total. The smallest absolute Gasteiger partial charge is 0.275 e. The Morgan fingerprint density at radius 2 is 2.12 bits per heavy atom. The van der Waals surface area contributed by atoms with Crippen molar-refractivity contribution in [3.05, 3.63) is 60.8 Å². The van der Waals surface area contributed by atoms with Crippen molar-refractivity contribution in [2.75, 3.05) is 5.32 Å². The van der Waals surface area contributed by atoms with Gasteiger partial charge in [-0.15, -0.1) is 0 Å². The summed E-state index contributed by atoms with van der Waals surface area (Å²) in [6.07, 6.45) is 6.07. The molecule has 0 unspecified atom stereocenters. The maximum Gasteiger partial charge on any atom is 0.275 e. The molecule has 4 aromatic rings. The Kier molecular flexibility index (Phi) is 3.23. The standard InChI is InChI=1S/C15H12N8O/c1-10-14(22-5-3-2-4-12(22)20-10)15(24)21-11-6-13(18-8-17-11)23-9-16-7-19-23/h2-9H,1H3,(H,17,18,21,24). The number of aryl methyl sites for hydroxylation is 1. The lowest BCUT2D eigenvalue weighted by atomic mass is 10.3. The number of carbonyl (C=O) groups excluding carboxylic acids is 1. The quantitative estimate of drug-likeness (QED) is 0.609. The van der Waals surface area contributed by atoms with E-state index in [2.05, 4.69) is 30.4 Å². The number of rotatable bonds is 3. The van der Waals surface area contributed by atoms with E-state index >= 15 is 0 Å². The van der Waals surface area contributed by atoms with Crippen molar-refractivity contribution < 1.29 is 4.79 Å². The van der Waals surface area contributed by atoms with Crippen LogP contribution < -0.4 is 5.32 Å². The molecule has 118 valence electrons. The zero-order chi connectivity index (χ0) is 16.5. The molecule has 0 radical (unpaired) electrons. The van der Waals surface area contributed by atoms with E-state index in [1.807, 2.05) is 18.2 Å². The molecule has 4 rings (SSSR count). The summed E-state index contributed by atoms with van der Waals surface area (Å²) in [6, 6.07) is 7.18. The zero-order valence-corrected chi connectivity index (χ0v) is 12.7. The van der Waals surface area contributed by atoms with Crippen LogP contribution in [0, 0.1) is 6.92 Å². The molecule has 0 aliphatic carbocycles. The van der Waals surface area contributed by atoms with Crippen LogP contribution in [0.4, 0.5) is 5.82 Å². The summed E-state index contributed by atoms with van der Waals surface area (Å²) in [5, 5.41) is 6.77. The van der Waals surface area contributed by atoms with Gasteiger partial charge in [0, 0.05) is 12.3 Å². The Labute approximate surface area is 136 Å². The van der Waals surface area contributed by atoms with Gasteiger partial charge in [0.1, 0.15) is 36.1 Å². The van der Waals surface area contributed by atoms with Crippen LogP contribution in [0.2, 0.25) is 0 Å². The largest absolute Gasteiger partial charge is 0.305 e. The molecular formula is C15H12N8O. The summed E-state index contributed by atoms with van der Waals surface area (Å²) >= 11 is 0. The zero-order valence-electron chi connectivity index (χ0n) is 12.7. The molecule has 0 aliphatic heterocycles. The molecule has 4 heterocycles. The minimum Gasteiger partial charge on any atom is -0.305 e. The second-order valence-electron chi connectivity index (χ2n) is 5.03. The van der Waals surface area contributed by atoms with Gasteiger partial charge in [0.05, 0.1) is 5.69 Å². The first kappa shape index (κ1) is 14.0. The van der Waals surface area contributed by atoms with Crippen LogP contribution in [-0.4, -0.2) is 40.0 Å². The number of fused-ring (bicyclic) bond motifs is 1. The Bertz CT molecular complexity index is 1020. The third kappa shape index (κ3) is 2.37. The molecule has 1 amide bonds. The number of amides is 1. The predicted octanol–water partition coefficient (Wildman–Crippen LogP) is 1.27. The van der Waals surface area contributed by atoms with Crippen molar-refractivity contribution in [1.82, 2.24) is 34.1 Å². The number of nitrogens with one attached hydrogen (secondary N) is 1. The number of aromatic nitrogens is 7. The van der Waals surface area contributed by atoms with Gasteiger partial charge in [-0.05, 0) is 19.1 Å². The molecule has 9 nitrogen and oxygen atoms in total. The van der Waals surface area contributed by atoms with Gasteiger partial charge in [-0.2, -0.15) is 5.10 Å². The molecule has 24 heavy (non-hydrogen) atoms. The van der Waals surface area contributed by atoms with Gasteiger partial charge in [0.25, 0.3) is 5.91 Å². The minimum atomic E-state index is -0.297. The Morgan fingerprint density at radius 1 is 1.21 bits per heavy atom. The van der Waals surface area contributed by atoms with E-state index in [4.69, 9.17) is 0 Å². The van der Waals surface area contributed by atoms with E-state index in [0.717, 1.165) is 0 Å². The first-order valence-corrected chi connectivity index (χ1v) is 7.14. The fraction of sp³-hybridized carbons (Fsp3) is 0.0667. The monoisotopic (exact) mass is 320 g/mol. The van der Waals surface area contributed by atoms with Gasteiger partial charge in [-0.1, -0.05) is 6.07 Å².